The Kier molecular flexibility index (Phi) is 4.34. The largest absolute Gasteiger partial charge is 0.481 e. The number of hydrogen-bond donors (Lipinski definition) is 1. The van der Waals surface area contributed by atoms with Gasteiger partial charge in [-0.15, -0.1) is 0 Å². The predicted molar refractivity (Wildman–Crippen MR) is 59.5 cm³/mol. The molecule has 0 aromatic carbocycles. The van der Waals surface area contributed by atoms with Crippen molar-refractivity contribution in [2.45, 2.75) is 45.4 Å². The Morgan fingerprint density at radius 3 is 2.65 bits per heavy atom. The molecule has 0 spiro atoms. The molecule has 0 aliphatic carbocycles. The lowest BCUT2D eigenvalue weighted by atomic mass is 10.2. The summed E-state index contributed by atoms with van der Waals surface area (Å²) in [7, 11) is 0. The van der Waals surface area contributed by atoms with E-state index < -0.39 is 23.9 Å². The van der Waals surface area contributed by atoms with Gasteiger partial charge in [0.25, 0.3) is 0 Å². The first-order valence-corrected chi connectivity index (χ1v) is 5.62. The van der Waals surface area contributed by atoms with Gasteiger partial charge in [-0.3, -0.25) is 9.69 Å². The SMILES string of the molecule is CC(C)(C)OC(=O)N1CCCOC1CC(=O)O. The van der Waals surface area contributed by atoms with Gasteiger partial charge in [0.1, 0.15) is 11.8 Å². The number of carboxylic acid groups (broad SMARTS) is 1. The average molecular weight is 245 g/mol. The van der Waals surface area contributed by atoms with Crippen molar-refractivity contribution in [2.75, 3.05) is 13.2 Å². The van der Waals surface area contributed by atoms with Crippen LogP contribution in [0.4, 0.5) is 4.79 Å². The Bertz CT molecular complexity index is 297. The van der Waals surface area contributed by atoms with Crippen molar-refractivity contribution in [3.63, 3.8) is 0 Å². The van der Waals surface area contributed by atoms with Crippen molar-refractivity contribution >= 4 is 12.1 Å². The fourth-order valence-electron chi connectivity index (χ4n) is 1.54. The van der Waals surface area contributed by atoms with Gasteiger partial charge in [-0.05, 0) is 27.2 Å². The number of nitrogens with zero attached hydrogens (tertiary/aromatic N) is 1. The van der Waals surface area contributed by atoms with Crippen LogP contribution >= 0.6 is 0 Å². The quantitative estimate of drug-likeness (QED) is 0.796. The minimum atomic E-state index is -0.995. The number of amides is 1. The van der Waals surface area contributed by atoms with Gasteiger partial charge in [-0.2, -0.15) is 0 Å². The highest BCUT2D eigenvalue weighted by atomic mass is 16.6. The van der Waals surface area contributed by atoms with E-state index in [2.05, 4.69) is 0 Å². The monoisotopic (exact) mass is 245 g/mol. The Balaban J connectivity index is 2.64. The van der Waals surface area contributed by atoms with Crippen LogP contribution in [0.15, 0.2) is 0 Å². The Labute approximate surface area is 100 Å². The highest BCUT2D eigenvalue weighted by Crippen LogP contribution is 2.18. The molecule has 1 aliphatic heterocycles. The van der Waals surface area contributed by atoms with Crippen LogP contribution in [-0.2, 0) is 14.3 Å². The summed E-state index contributed by atoms with van der Waals surface area (Å²) < 4.78 is 10.5. The Morgan fingerprint density at radius 1 is 1.47 bits per heavy atom. The predicted octanol–water partition coefficient (Wildman–Crippen LogP) is 1.44. The minimum Gasteiger partial charge on any atom is -0.481 e. The molecular weight excluding hydrogens is 226 g/mol. The summed E-state index contributed by atoms with van der Waals surface area (Å²) in [4.78, 5) is 23.8. The molecule has 1 aliphatic rings. The average Bonchev–Trinajstić information content (AvgIpc) is 2.14. The van der Waals surface area contributed by atoms with Crippen LogP contribution in [0.5, 0.6) is 0 Å². The first-order chi connectivity index (χ1) is 7.79. The number of carboxylic acids is 1. The van der Waals surface area contributed by atoms with Crippen LogP contribution in [-0.4, -0.2) is 47.0 Å². The molecule has 0 saturated carbocycles. The number of rotatable bonds is 2. The van der Waals surface area contributed by atoms with Crippen LogP contribution in [0, 0.1) is 0 Å². The van der Waals surface area contributed by atoms with Crippen molar-refractivity contribution in [3.05, 3.63) is 0 Å². The van der Waals surface area contributed by atoms with Crippen LogP contribution in [0.2, 0.25) is 0 Å². The minimum absolute atomic E-state index is 0.223. The third kappa shape index (κ3) is 4.60. The zero-order valence-corrected chi connectivity index (χ0v) is 10.4. The number of aliphatic carboxylic acids is 1. The second-order valence-corrected chi connectivity index (χ2v) is 4.95. The lowest BCUT2D eigenvalue weighted by molar-refractivity contribution is -0.148. The van der Waals surface area contributed by atoms with E-state index in [1.807, 2.05) is 0 Å². The molecule has 0 aromatic rings. The van der Waals surface area contributed by atoms with Gasteiger partial charge in [0.2, 0.25) is 0 Å². The van der Waals surface area contributed by atoms with Crippen molar-refractivity contribution in [2.24, 2.45) is 0 Å². The Morgan fingerprint density at radius 2 is 2.12 bits per heavy atom. The third-order valence-corrected chi connectivity index (χ3v) is 2.18. The van der Waals surface area contributed by atoms with Gasteiger partial charge in [0.05, 0.1) is 13.0 Å². The summed E-state index contributed by atoms with van der Waals surface area (Å²) in [6.07, 6.45) is -0.784. The summed E-state index contributed by atoms with van der Waals surface area (Å²) in [6, 6.07) is 0. The molecule has 17 heavy (non-hydrogen) atoms. The van der Waals surface area contributed by atoms with Gasteiger partial charge in [-0.1, -0.05) is 0 Å². The molecule has 1 N–H and O–H groups in total. The van der Waals surface area contributed by atoms with E-state index in [4.69, 9.17) is 14.6 Å². The Hall–Kier alpha value is -1.30. The molecular formula is C11H19NO5. The van der Waals surface area contributed by atoms with Gasteiger partial charge >= 0.3 is 12.1 Å². The maximum Gasteiger partial charge on any atom is 0.412 e. The van der Waals surface area contributed by atoms with E-state index >= 15 is 0 Å². The molecule has 1 amide bonds. The normalized spacial score (nSPS) is 21.1. The second-order valence-electron chi connectivity index (χ2n) is 4.95. The molecule has 6 nitrogen and oxygen atoms in total. The lowest BCUT2D eigenvalue weighted by Gasteiger charge is -2.35. The fraction of sp³-hybridized carbons (Fsp3) is 0.818. The third-order valence-electron chi connectivity index (χ3n) is 2.18. The summed E-state index contributed by atoms with van der Waals surface area (Å²) >= 11 is 0. The first-order valence-electron chi connectivity index (χ1n) is 5.62. The molecule has 1 heterocycles. The van der Waals surface area contributed by atoms with Gasteiger partial charge < -0.3 is 14.6 Å². The number of hydrogen-bond acceptors (Lipinski definition) is 4. The topological polar surface area (TPSA) is 76.1 Å². The summed E-state index contributed by atoms with van der Waals surface area (Å²) in [6.45, 7) is 6.23. The number of carbonyl (C=O) groups excluding carboxylic acids is 1. The molecule has 0 aromatic heterocycles. The van der Waals surface area contributed by atoms with Crippen LogP contribution in [0.25, 0.3) is 0 Å². The van der Waals surface area contributed by atoms with E-state index in [-0.39, 0.29) is 6.42 Å². The van der Waals surface area contributed by atoms with E-state index in [0.29, 0.717) is 19.6 Å². The highest BCUT2D eigenvalue weighted by Gasteiger charge is 2.32. The van der Waals surface area contributed by atoms with Gasteiger partial charge in [0, 0.05) is 6.54 Å². The van der Waals surface area contributed by atoms with Crippen LogP contribution in [0.3, 0.4) is 0 Å². The fourth-order valence-corrected chi connectivity index (χ4v) is 1.54. The van der Waals surface area contributed by atoms with E-state index in [0.717, 1.165) is 0 Å². The van der Waals surface area contributed by atoms with E-state index in [9.17, 15) is 9.59 Å². The maximum atomic E-state index is 11.8. The zero-order valence-electron chi connectivity index (χ0n) is 10.4. The van der Waals surface area contributed by atoms with Gasteiger partial charge in [0.15, 0.2) is 0 Å². The molecule has 1 fully saturated rings. The standard InChI is InChI=1S/C11H19NO5/c1-11(2,3)17-10(15)12-5-4-6-16-8(12)7-9(13)14/h8H,4-7H2,1-3H3,(H,13,14). The van der Waals surface area contributed by atoms with Crippen molar-refractivity contribution in [3.8, 4) is 0 Å². The molecule has 1 saturated heterocycles. The molecule has 1 unspecified atom stereocenters. The molecule has 0 bridgehead atoms. The zero-order chi connectivity index (χ0) is 13.1. The summed E-state index contributed by atoms with van der Waals surface area (Å²) in [5.41, 5.74) is -0.595. The smallest absolute Gasteiger partial charge is 0.412 e. The van der Waals surface area contributed by atoms with Crippen molar-refractivity contribution in [1.29, 1.82) is 0 Å². The summed E-state index contributed by atoms with van der Waals surface area (Å²) in [5.74, 6) is -0.995. The second kappa shape index (κ2) is 5.35. The van der Waals surface area contributed by atoms with E-state index in [1.165, 1.54) is 4.90 Å². The number of carbonyl (C=O) groups is 2. The van der Waals surface area contributed by atoms with Crippen molar-refractivity contribution < 1.29 is 24.2 Å². The number of ether oxygens (including phenoxy) is 2. The van der Waals surface area contributed by atoms with Crippen LogP contribution < -0.4 is 0 Å². The maximum absolute atomic E-state index is 11.8. The lowest BCUT2D eigenvalue weighted by Crippen LogP contribution is -2.49. The molecule has 98 valence electrons. The highest BCUT2D eigenvalue weighted by molar-refractivity contribution is 5.71. The van der Waals surface area contributed by atoms with Gasteiger partial charge in [-0.25, -0.2) is 4.79 Å². The molecule has 0 radical (unpaired) electrons. The first kappa shape index (κ1) is 13.8. The van der Waals surface area contributed by atoms with E-state index in [1.54, 1.807) is 20.8 Å². The molecule has 1 atom stereocenters. The molecule has 6 heteroatoms. The molecule has 1 rings (SSSR count). The summed E-state index contributed by atoms with van der Waals surface area (Å²) in [5, 5.41) is 8.74. The van der Waals surface area contributed by atoms with Crippen LogP contribution in [0.1, 0.15) is 33.6 Å². The van der Waals surface area contributed by atoms with Crippen molar-refractivity contribution in [1.82, 2.24) is 4.90 Å².